The van der Waals surface area contributed by atoms with E-state index in [4.69, 9.17) is 33.2 Å². The molecule has 0 saturated carbocycles. The Bertz CT molecular complexity index is 1460. The van der Waals surface area contributed by atoms with E-state index in [1.165, 1.54) is 29.8 Å². The highest BCUT2D eigenvalue weighted by atomic mass is 35.5. The van der Waals surface area contributed by atoms with E-state index in [0.29, 0.717) is 11.7 Å². The van der Waals surface area contributed by atoms with Gasteiger partial charge in [0.15, 0.2) is 5.11 Å². The van der Waals surface area contributed by atoms with Crippen LogP contribution in [0.15, 0.2) is 71.5 Å². The van der Waals surface area contributed by atoms with E-state index in [2.05, 4.69) is 70.8 Å². The molecule has 1 aromatic carbocycles. The molecule has 6 rings (SSSR count). The van der Waals surface area contributed by atoms with E-state index in [-0.39, 0.29) is 12.1 Å². The Hall–Kier alpha value is -3.29. The van der Waals surface area contributed by atoms with Gasteiger partial charge in [-0.3, -0.25) is 4.98 Å². The molecule has 0 bridgehead atoms. The van der Waals surface area contributed by atoms with E-state index >= 15 is 0 Å². The van der Waals surface area contributed by atoms with Crippen LogP contribution in [0.25, 0.3) is 0 Å². The number of nitrogens with zero attached hydrogens (tertiary/aromatic N) is 4. The van der Waals surface area contributed by atoms with Gasteiger partial charge in [0.25, 0.3) is 0 Å². The van der Waals surface area contributed by atoms with Crippen molar-refractivity contribution >= 4 is 40.3 Å². The Labute approximate surface area is 240 Å². The molecule has 5 heterocycles. The monoisotopic (exact) mass is 559 g/mol. The number of rotatable bonds is 6. The number of aromatic nitrogens is 2. The lowest BCUT2D eigenvalue weighted by Gasteiger charge is -2.33. The molecule has 2 aliphatic heterocycles. The van der Waals surface area contributed by atoms with Crippen LogP contribution in [0.2, 0.25) is 5.02 Å². The van der Waals surface area contributed by atoms with Crippen LogP contribution in [0.3, 0.4) is 0 Å². The summed E-state index contributed by atoms with van der Waals surface area (Å²) in [7, 11) is 0. The van der Waals surface area contributed by atoms with Crippen LogP contribution in [0.5, 0.6) is 0 Å². The summed E-state index contributed by atoms with van der Waals surface area (Å²) in [6.45, 7) is 9.40. The molecule has 0 unspecified atom stereocenters. The molecular formula is C31H34ClN5OS. The first kappa shape index (κ1) is 26.0. The fraction of sp³-hybridized carbons (Fsp3) is 0.355. The number of hydrogen-bond donors (Lipinski definition) is 1. The van der Waals surface area contributed by atoms with Crippen molar-refractivity contribution in [3.8, 4) is 0 Å². The lowest BCUT2D eigenvalue weighted by molar-refractivity contribution is 0.438. The average Bonchev–Trinajstić information content (AvgIpc) is 3.64. The van der Waals surface area contributed by atoms with E-state index in [9.17, 15) is 0 Å². The zero-order chi connectivity index (χ0) is 27.1. The molecule has 2 fully saturated rings. The summed E-state index contributed by atoms with van der Waals surface area (Å²) in [5, 5.41) is 5.01. The summed E-state index contributed by atoms with van der Waals surface area (Å²) in [4.78, 5) is 9.33. The van der Waals surface area contributed by atoms with Gasteiger partial charge in [-0.15, -0.1) is 0 Å². The summed E-state index contributed by atoms with van der Waals surface area (Å²) in [6.07, 6.45) is 5.95. The van der Waals surface area contributed by atoms with Gasteiger partial charge in [-0.25, -0.2) is 0 Å². The van der Waals surface area contributed by atoms with Crippen molar-refractivity contribution in [1.82, 2.24) is 14.9 Å². The number of piperidine rings is 1. The van der Waals surface area contributed by atoms with Crippen molar-refractivity contribution in [2.45, 2.75) is 52.2 Å². The topological polar surface area (TPSA) is 49.5 Å². The Morgan fingerprint density at radius 1 is 1.08 bits per heavy atom. The van der Waals surface area contributed by atoms with Gasteiger partial charge in [-0.2, -0.15) is 0 Å². The molecule has 0 amide bonds. The first-order valence-corrected chi connectivity index (χ1v) is 14.4. The summed E-state index contributed by atoms with van der Waals surface area (Å²) in [5.41, 5.74) is 6.58. The number of benzene rings is 1. The quantitative estimate of drug-likeness (QED) is 0.252. The van der Waals surface area contributed by atoms with Crippen LogP contribution in [0, 0.1) is 19.8 Å². The predicted octanol–water partition coefficient (Wildman–Crippen LogP) is 7.21. The van der Waals surface area contributed by atoms with Gasteiger partial charge >= 0.3 is 0 Å². The van der Waals surface area contributed by atoms with Crippen LogP contribution in [-0.4, -0.2) is 27.8 Å². The molecule has 202 valence electrons. The fourth-order valence-corrected chi connectivity index (χ4v) is 6.67. The largest absolute Gasteiger partial charge is 0.467 e. The van der Waals surface area contributed by atoms with Gasteiger partial charge in [0, 0.05) is 36.4 Å². The number of hydrogen-bond acceptors (Lipinski definition) is 4. The molecule has 1 N–H and O–H groups in total. The fourth-order valence-electron chi connectivity index (χ4n) is 6.03. The molecule has 4 aromatic rings. The van der Waals surface area contributed by atoms with Gasteiger partial charge in [0.2, 0.25) is 0 Å². The maximum atomic E-state index is 6.95. The molecular weight excluding hydrogens is 526 g/mol. The SMILES string of the molecule is Cc1cc([C@@H]2[C@H](c3ccccn3)NC(=S)N2c2ccc(N3CCC(C)CC3)c(Cl)c2)c(C)n1Cc1ccco1. The molecule has 2 aliphatic rings. The van der Waals surface area contributed by atoms with Crippen LogP contribution in [0.1, 0.15) is 60.3 Å². The summed E-state index contributed by atoms with van der Waals surface area (Å²) < 4.78 is 7.97. The van der Waals surface area contributed by atoms with Gasteiger partial charge < -0.3 is 24.1 Å². The minimum absolute atomic E-state index is 0.0956. The normalized spacial score (nSPS) is 20.1. The second kappa shape index (κ2) is 10.7. The van der Waals surface area contributed by atoms with Gasteiger partial charge in [0.1, 0.15) is 5.76 Å². The minimum atomic E-state index is -0.113. The molecule has 0 radical (unpaired) electrons. The number of pyridine rings is 1. The zero-order valence-electron chi connectivity index (χ0n) is 22.6. The van der Waals surface area contributed by atoms with Crippen LogP contribution in [-0.2, 0) is 6.54 Å². The first-order chi connectivity index (χ1) is 18.9. The number of furan rings is 1. The second-order valence-electron chi connectivity index (χ2n) is 10.8. The molecule has 3 aromatic heterocycles. The van der Waals surface area contributed by atoms with Crippen LogP contribution in [0.4, 0.5) is 11.4 Å². The third kappa shape index (κ3) is 4.94. The van der Waals surface area contributed by atoms with E-state index in [1.54, 1.807) is 6.26 Å². The number of aryl methyl sites for hydroxylation is 1. The van der Waals surface area contributed by atoms with Gasteiger partial charge in [-0.1, -0.05) is 24.6 Å². The predicted molar refractivity (Wildman–Crippen MR) is 162 cm³/mol. The molecule has 2 saturated heterocycles. The second-order valence-corrected chi connectivity index (χ2v) is 11.6. The van der Waals surface area contributed by atoms with Crippen molar-refractivity contribution in [2.75, 3.05) is 22.9 Å². The Kier molecular flexibility index (Phi) is 7.12. The Morgan fingerprint density at radius 2 is 1.90 bits per heavy atom. The number of anilines is 2. The van der Waals surface area contributed by atoms with Crippen LogP contribution >= 0.6 is 23.8 Å². The van der Waals surface area contributed by atoms with E-state index in [1.807, 2.05) is 30.5 Å². The third-order valence-corrected chi connectivity index (χ3v) is 8.87. The number of thiocarbonyl (C=S) groups is 1. The standard InChI is InChI=1S/C31H34ClN5OS/c1-20-11-14-35(15-12-20)28-10-9-23(18-26(28)32)37-30(29(34-31(37)39)27-8-4-5-13-33-27)25-17-21(2)36(22(25)3)19-24-7-6-16-38-24/h4-10,13,16-18,20,29-30H,11-12,14-15,19H2,1-3H3,(H,34,39)/t29-,30+/m0/s1. The zero-order valence-corrected chi connectivity index (χ0v) is 24.2. The summed E-state index contributed by atoms with van der Waals surface area (Å²) in [6, 6.07) is 18.4. The maximum absolute atomic E-state index is 6.95. The van der Waals surface area contributed by atoms with Crippen molar-refractivity contribution in [3.63, 3.8) is 0 Å². The number of nitrogens with one attached hydrogen (secondary N) is 1. The van der Waals surface area contributed by atoms with E-state index < -0.39 is 0 Å². The molecule has 0 aliphatic carbocycles. The molecule has 8 heteroatoms. The third-order valence-electron chi connectivity index (χ3n) is 8.26. The van der Waals surface area contributed by atoms with Crippen molar-refractivity contribution in [2.24, 2.45) is 5.92 Å². The van der Waals surface area contributed by atoms with Gasteiger partial charge in [0.05, 0.1) is 41.3 Å². The van der Waals surface area contributed by atoms with Crippen LogP contribution < -0.4 is 15.1 Å². The Balaban J connectivity index is 1.40. The number of halogens is 1. The van der Waals surface area contributed by atoms with E-state index in [0.717, 1.165) is 46.9 Å². The highest BCUT2D eigenvalue weighted by molar-refractivity contribution is 7.80. The van der Waals surface area contributed by atoms with Crippen molar-refractivity contribution in [3.05, 3.63) is 100 Å². The lowest BCUT2D eigenvalue weighted by atomic mass is 9.96. The first-order valence-electron chi connectivity index (χ1n) is 13.6. The lowest BCUT2D eigenvalue weighted by Crippen LogP contribution is -2.33. The summed E-state index contributed by atoms with van der Waals surface area (Å²) >= 11 is 12.9. The van der Waals surface area contributed by atoms with Crippen molar-refractivity contribution < 1.29 is 4.42 Å². The highest BCUT2D eigenvalue weighted by Crippen LogP contribution is 2.45. The van der Waals surface area contributed by atoms with Crippen molar-refractivity contribution in [1.29, 1.82) is 0 Å². The smallest absolute Gasteiger partial charge is 0.174 e. The maximum Gasteiger partial charge on any atom is 0.174 e. The molecule has 2 atom stereocenters. The molecule has 39 heavy (non-hydrogen) atoms. The molecule has 6 nitrogen and oxygen atoms in total. The highest BCUT2D eigenvalue weighted by Gasteiger charge is 2.42. The minimum Gasteiger partial charge on any atom is -0.467 e. The summed E-state index contributed by atoms with van der Waals surface area (Å²) in [5.74, 6) is 1.69. The Morgan fingerprint density at radius 3 is 2.59 bits per heavy atom. The van der Waals surface area contributed by atoms with Gasteiger partial charge in [-0.05, 0) is 98.9 Å². The average molecular weight is 560 g/mol. The molecule has 0 spiro atoms.